The summed E-state index contributed by atoms with van der Waals surface area (Å²) < 4.78 is 26.3. The molecule has 0 aliphatic carbocycles. The van der Waals surface area contributed by atoms with Gasteiger partial charge in [-0.15, -0.1) is 0 Å². The standard InChI is InChI=1S/C17H18F2O/c1-17(2,3)13-7-5-4-6-12(13)16(20)11-8-9-14(18)15(19)10-11/h4-10,16,20H,1-3H3. The predicted molar refractivity (Wildman–Crippen MR) is 75.6 cm³/mol. The number of benzene rings is 2. The van der Waals surface area contributed by atoms with Gasteiger partial charge in [-0.05, 0) is 34.2 Å². The molecule has 1 N–H and O–H groups in total. The van der Waals surface area contributed by atoms with Crippen LogP contribution in [0.1, 0.15) is 43.6 Å². The van der Waals surface area contributed by atoms with E-state index in [2.05, 4.69) is 0 Å². The fourth-order valence-electron chi connectivity index (χ4n) is 2.28. The molecular weight excluding hydrogens is 258 g/mol. The van der Waals surface area contributed by atoms with Crippen LogP contribution < -0.4 is 0 Å². The molecule has 0 heterocycles. The van der Waals surface area contributed by atoms with Crippen molar-refractivity contribution in [3.05, 3.63) is 70.8 Å². The van der Waals surface area contributed by atoms with Crippen LogP contribution in [0.4, 0.5) is 8.78 Å². The molecule has 2 aromatic carbocycles. The molecule has 0 bridgehead atoms. The minimum atomic E-state index is -0.972. The van der Waals surface area contributed by atoms with E-state index in [9.17, 15) is 13.9 Å². The van der Waals surface area contributed by atoms with Crippen LogP contribution in [0.5, 0.6) is 0 Å². The van der Waals surface area contributed by atoms with Crippen LogP contribution in [0.15, 0.2) is 42.5 Å². The number of hydrogen-bond donors (Lipinski definition) is 1. The monoisotopic (exact) mass is 276 g/mol. The Bertz CT molecular complexity index is 615. The van der Waals surface area contributed by atoms with Gasteiger partial charge in [0.05, 0.1) is 0 Å². The van der Waals surface area contributed by atoms with Crippen molar-refractivity contribution < 1.29 is 13.9 Å². The van der Waals surface area contributed by atoms with Crippen molar-refractivity contribution in [3.63, 3.8) is 0 Å². The van der Waals surface area contributed by atoms with Crippen molar-refractivity contribution in [3.8, 4) is 0 Å². The molecule has 0 amide bonds. The van der Waals surface area contributed by atoms with Gasteiger partial charge in [-0.2, -0.15) is 0 Å². The number of hydrogen-bond acceptors (Lipinski definition) is 1. The maximum atomic E-state index is 13.3. The molecule has 3 heteroatoms. The zero-order chi connectivity index (χ0) is 14.9. The third-order valence-electron chi connectivity index (χ3n) is 3.32. The smallest absolute Gasteiger partial charge is 0.159 e. The number of halogens is 2. The Morgan fingerprint density at radius 1 is 0.950 bits per heavy atom. The van der Waals surface area contributed by atoms with E-state index < -0.39 is 17.7 Å². The summed E-state index contributed by atoms with van der Waals surface area (Å²) in [5.74, 6) is -1.86. The van der Waals surface area contributed by atoms with Gasteiger partial charge in [0.1, 0.15) is 6.10 Å². The lowest BCUT2D eigenvalue weighted by Crippen LogP contribution is -2.16. The SMILES string of the molecule is CC(C)(C)c1ccccc1C(O)c1ccc(F)c(F)c1. The largest absolute Gasteiger partial charge is 0.384 e. The summed E-state index contributed by atoms with van der Waals surface area (Å²) >= 11 is 0. The highest BCUT2D eigenvalue weighted by Gasteiger charge is 2.22. The normalized spacial score (nSPS) is 13.3. The number of rotatable bonds is 2. The molecule has 1 unspecified atom stereocenters. The second-order valence-electron chi connectivity index (χ2n) is 5.91. The van der Waals surface area contributed by atoms with Gasteiger partial charge in [0.15, 0.2) is 11.6 Å². The molecule has 1 atom stereocenters. The van der Waals surface area contributed by atoms with Crippen molar-refractivity contribution in [2.75, 3.05) is 0 Å². The van der Waals surface area contributed by atoms with E-state index >= 15 is 0 Å². The van der Waals surface area contributed by atoms with Crippen LogP contribution in [0, 0.1) is 11.6 Å². The minimum Gasteiger partial charge on any atom is -0.384 e. The first-order valence-electron chi connectivity index (χ1n) is 6.53. The quantitative estimate of drug-likeness (QED) is 0.865. The average Bonchev–Trinajstić information content (AvgIpc) is 2.40. The molecule has 0 spiro atoms. The summed E-state index contributed by atoms with van der Waals surface area (Å²) in [6.45, 7) is 6.14. The molecule has 0 saturated heterocycles. The maximum Gasteiger partial charge on any atom is 0.159 e. The van der Waals surface area contributed by atoms with Crippen LogP contribution in [-0.4, -0.2) is 5.11 Å². The summed E-state index contributed by atoms with van der Waals surface area (Å²) in [7, 11) is 0. The second kappa shape index (κ2) is 5.33. The molecule has 106 valence electrons. The summed E-state index contributed by atoms with van der Waals surface area (Å²) in [6.07, 6.45) is -0.972. The third-order valence-corrected chi connectivity index (χ3v) is 3.32. The zero-order valence-electron chi connectivity index (χ0n) is 11.8. The van der Waals surface area contributed by atoms with Crippen molar-refractivity contribution in [1.29, 1.82) is 0 Å². The molecule has 0 aromatic heterocycles. The van der Waals surface area contributed by atoms with E-state index in [-0.39, 0.29) is 5.41 Å². The average molecular weight is 276 g/mol. The highest BCUT2D eigenvalue weighted by atomic mass is 19.2. The van der Waals surface area contributed by atoms with Gasteiger partial charge in [0.25, 0.3) is 0 Å². The fourth-order valence-corrected chi connectivity index (χ4v) is 2.28. The Kier molecular flexibility index (Phi) is 3.91. The van der Waals surface area contributed by atoms with Crippen LogP contribution in [0.3, 0.4) is 0 Å². The van der Waals surface area contributed by atoms with Crippen molar-refractivity contribution in [1.82, 2.24) is 0 Å². The molecular formula is C17H18F2O. The Morgan fingerprint density at radius 3 is 2.20 bits per heavy atom. The van der Waals surface area contributed by atoms with Gasteiger partial charge >= 0.3 is 0 Å². The molecule has 1 nitrogen and oxygen atoms in total. The van der Waals surface area contributed by atoms with Crippen LogP contribution in [0.2, 0.25) is 0 Å². The van der Waals surface area contributed by atoms with Crippen molar-refractivity contribution >= 4 is 0 Å². The first-order valence-corrected chi connectivity index (χ1v) is 6.53. The van der Waals surface area contributed by atoms with Gasteiger partial charge in [0.2, 0.25) is 0 Å². The van der Waals surface area contributed by atoms with E-state index in [4.69, 9.17) is 0 Å². The van der Waals surface area contributed by atoms with E-state index in [0.717, 1.165) is 17.7 Å². The minimum absolute atomic E-state index is 0.143. The first-order chi connectivity index (χ1) is 9.30. The lowest BCUT2D eigenvalue weighted by Gasteiger charge is -2.25. The van der Waals surface area contributed by atoms with Crippen molar-refractivity contribution in [2.45, 2.75) is 32.3 Å². The zero-order valence-corrected chi connectivity index (χ0v) is 11.8. The Labute approximate surface area is 117 Å². The third kappa shape index (κ3) is 2.88. The van der Waals surface area contributed by atoms with E-state index in [0.29, 0.717) is 11.1 Å². The molecule has 0 saturated carbocycles. The van der Waals surface area contributed by atoms with Crippen LogP contribution in [0.25, 0.3) is 0 Å². The van der Waals surface area contributed by atoms with E-state index in [1.807, 2.05) is 45.0 Å². The highest BCUT2D eigenvalue weighted by molar-refractivity contribution is 5.39. The molecule has 0 fully saturated rings. The predicted octanol–water partition coefficient (Wildman–Crippen LogP) is 4.34. The molecule has 2 aromatic rings. The second-order valence-corrected chi connectivity index (χ2v) is 5.91. The Morgan fingerprint density at radius 2 is 1.60 bits per heavy atom. The lowest BCUT2D eigenvalue weighted by molar-refractivity contribution is 0.216. The van der Waals surface area contributed by atoms with Gasteiger partial charge in [0, 0.05) is 0 Å². The summed E-state index contributed by atoms with van der Waals surface area (Å²) in [4.78, 5) is 0. The summed E-state index contributed by atoms with van der Waals surface area (Å²) in [5, 5.41) is 10.5. The van der Waals surface area contributed by atoms with Gasteiger partial charge in [-0.1, -0.05) is 51.1 Å². The maximum absolute atomic E-state index is 13.3. The van der Waals surface area contributed by atoms with E-state index in [1.54, 1.807) is 0 Å². The number of aliphatic hydroxyl groups excluding tert-OH is 1. The summed E-state index contributed by atoms with van der Waals surface area (Å²) in [5.41, 5.74) is 1.90. The van der Waals surface area contributed by atoms with Gasteiger partial charge in [-0.3, -0.25) is 0 Å². The topological polar surface area (TPSA) is 20.2 Å². The van der Waals surface area contributed by atoms with Crippen LogP contribution in [-0.2, 0) is 5.41 Å². The van der Waals surface area contributed by atoms with Crippen LogP contribution >= 0.6 is 0 Å². The summed E-state index contributed by atoms with van der Waals surface area (Å²) in [6, 6.07) is 11.0. The van der Waals surface area contributed by atoms with Crippen molar-refractivity contribution in [2.24, 2.45) is 0 Å². The highest BCUT2D eigenvalue weighted by Crippen LogP contribution is 2.32. The molecule has 0 aliphatic heterocycles. The number of aliphatic hydroxyl groups is 1. The van der Waals surface area contributed by atoms with E-state index in [1.165, 1.54) is 6.07 Å². The first kappa shape index (κ1) is 14.7. The van der Waals surface area contributed by atoms with Gasteiger partial charge < -0.3 is 5.11 Å². The molecule has 2 rings (SSSR count). The Balaban J connectivity index is 2.48. The molecule has 20 heavy (non-hydrogen) atoms. The van der Waals surface area contributed by atoms with Gasteiger partial charge in [-0.25, -0.2) is 8.78 Å². The Hall–Kier alpha value is -1.74. The molecule has 0 radical (unpaired) electrons. The lowest BCUT2D eigenvalue weighted by atomic mass is 9.81. The molecule has 0 aliphatic rings. The fraction of sp³-hybridized carbons (Fsp3) is 0.294.